The normalized spacial score (nSPS) is 24.2. The van der Waals surface area contributed by atoms with Crippen LogP contribution in [0.1, 0.15) is 44.6 Å². The summed E-state index contributed by atoms with van der Waals surface area (Å²) in [4.78, 5) is 0. The van der Waals surface area contributed by atoms with E-state index in [1.165, 1.54) is 25.3 Å². The molecule has 0 aliphatic heterocycles. The molecule has 2 rings (SSSR count). The van der Waals surface area contributed by atoms with Crippen molar-refractivity contribution >= 4 is 11.6 Å². The van der Waals surface area contributed by atoms with Crippen LogP contribution in [0.2, 0.25) is 5.02 Å². The Morgan fingerprint density at radius 2 is 2.00 bits per heavy atom. The SMILES string of the molecule is CCC1CCC(OCc2c(F)cccc2Cl)CC1. The highest BCUT2D eigenvalue weighted by Crippen LogP contribution is 2.29. The van der Waals surface area contributed by atoms with Crippen molar-refractivity contribution in [2.24, 2.45) is 5.92 Å². The molecular formula is C15H20ClFO. The molecule has 1 aromatic rings. The first kappa shape index (κ1) is 13.8. The summed E-state index contributed by atoms with van der Waals surface area (Å²) >= 11 is 5.97. The molecule has 1 aliphatic carbocycles. The van der Waals surface area contributed by atoms with Crippen LogP contribution in [0.15, 0.2) is 18.2 Å². The molecule has 0 bridgehead atoms. The van der Waals surface area contributed by atoms with Gasteiger partial charge in [0, 0.05) is 10.6 Å². The lowest BCUT2D eigenvalue weighted by Gasteiger charge is -2.28. The van der Waals surface area contributed by atoms with Crippen molar-refractivity contribution in [3.05, 3.63) is 34.6 Å². The quantitative estimate of drug-likeness (QED) is 0.751. The molecule has 1 fully saturated rings. The van der Waals surface area contributed by atoms with Crippen molar-refractivity contribution in [3.63, 3.8) is 0 Å². The van der Waals surface area contributed by atoms with Gasteiger partial charge in [0.1, 0.15) is 5.82 Å². The van der Waals surface area contributed by atoms with E-state index in [1.54, 1.807) is 12.1 Å². The van der Waals surface area contributed by atoms with Gasteiger partial charge in [0.05, 0.1) is 12.7 Å². The molecular weight excluding hydrogens is 251 g/mol. The Kier molecular flexibility index (Phi) is 5.02. The van der Waals surface area contributed by atoms with Gasteiger partial charge in [-0.2, -0.15) is 0 Å². The minimum Gasteiger partial charge on any atom is -0.373 e. The van der Waals surface area contributed by atoms with E-state index in [0.29, 0.717) is 10.6 Å². The standard InChI is InChI=1S/C15H20ClFO/c1-2-11-6-8-12(9-7-11)18-10-13-14(16)4-3-5-15(13)17/h3-5,11-12H,2,6-10H2,1H3. The highest BCUT2D eigenvalue weighted by molar-refractivity contribution is 6.31. The Labute approximate surface area is 113 Å². The highest BCUT2D eigenvalue weighted by atomic mass is 35.5. The summed E-state index contributed by atoms with van der Waals surface area (Å²) in [5.41, 5.74) is 0.483. The first-order chi connectivity index (χ1) is 8.70. The van der Waals surface area contributed by atoms with E-state index in [2.05, 4.69) is 6.92 Å². The minimum absolute atomic E-state index is 0.267. The summed E-state index contributed by atoms with van der Waals surface area (Å²) in [5, 5.41) is 0.456. The van der Waals surface area contributed by atoms with Gasteiger partial charge in [-0.15, -0.1) is 0 Å². The smallest absolute Gasteiger partial charge is 0.130 e. The van der Waals surface area contributed by atoms with Crippen LogP contribution in [-0.4, -0.2) is 6.10 Å². The van der Waals surface area contributed by atoms with Crippen LogP contribution in [0.25, 0.3) is 0 Å². The predicted octanol–water partition coefficient (Wildman–Crippen LogP) is 4.96. The molecule has 3 heteroatoms. The molecule has 18 heavy (non-hydrogen) atoms. The zero-order chi connectivity index (χ0) is 13.0. The van der Waals surface area contributed by atoms with Gasteiger partial charge in [0.15, 0.2) is 0 Å². The lowest BCUT2D eigenvalue weighted by Crippen LogP contribution is -2.21. The fourth-order valence-corrected chi connectivity index (χ4v) is 2.80. The van der Waals surface area contributed by atoms with Gasteiger partial charge in [-0.1, -0.05) is 31.0 Å². The molecule has 0 aromatic heterocycles. The summed E-state index contributed by atoms with van der Waals surface area (Å²) in [5.74, 6) is 0.576. The molecule has 1 aliphatic rings. The van der Waals surface area contributed by atoms with Crippen LogP contribution in [0.4, 0.5) is 4.39 Å². The van der Waals surface area contributed by atoms with E-state index in [4.69, 9.17) is 16.3 Å². The largest absolute Gasteiger partial charge is 0.373 e. The summed E-state index contributed by atoms with van der Waals surface area (Å²) in [7, 11) is 0. The number of hydrogen-bond donors (Lipinski definition) is 0. The summed E-state index contributed by atoms with van der Waals surface area (Å²) in [6, 6.07) is 4.75. The second kappa shape index (κ2) is 6.53. The van der Waals surface area contributed by atoms with Gasteiger partial charge in [-0.25, -0.2) is 4.39 Å². The van der Waals surface area contributed by atoms with Crippen molar-refractivity contribution < 1.29 is 9.13 Å². The van der Waals surface area contributed by atoms with Crippen LogP contribution in [0.5, 0.6) is 0 Å². The lowest BCUT2D eigenvalue weighted by molar-refractivity contribution is 0.00571. The summed E-state index contributed by atoms with van der Waals surface area (Å²) < 4.78 is 19.4. The fourth-order valence-electron chi connectivity index (χ4n) is 2.58. The molecule has 1 aromatic carbocycles. The van der Waals surface area contributed by atoms with Crippen molar-refractivity contribution in [2.75, 3.05) is 0 Å². The van der Waals surface area contributed by atoms with Gasteiger partial charge in [0.25, 0.3) is 0 Å². The zero-order valence-electron chi connectivity index (χ0n) is 10.8. The first-order valence-electron chi connectivity index (χ1n) is 6.75. The van der Waals surface area contributed by atoms with Gasteiger partial charge in [-0.3, -0.25) is 0 Å². The van der Waals surface area contributed by atoms with E-state index in [-0.39, 0.29) is 18.5 Å². The van der Waals surface area contributed by atoms with E-state index in [0.717, 1.165) is 18.8 Å². The van der Waals surface area contributed by atoms with Crippen LogP contribution in [0, 0.1) is 11.7 Å². The van der Waals surface area contributed by atoms with E-state index in [1.807, 2.05) is 0 Å². The molecule has 1 saturated carbocycles. The van der Waals surface area contributed by atoms with E-state index < -0.39 is 0 Å². The maximum absolute atomic E-state index is 13.6. The molecule has 0 N–H and O–H groups in total. The number of hydrogen-bond acceptors (Lipinski definition) is 1. The Morgan fingerprint density at radius 1 is 1.28 bits per heavy atom. The number of rotatable bonds is 4. The molecule has 0 saturated heterocycles. The third-order valence-corrected chi connectivity index (χ3v) is 4.25. The lowest BCUT2D eigenvalue weighted by atomic mass is 9.86. The van der Waals surface area contributed by atoms with Gasteiger partial charge >= 0.3 is 0 Å². The van der Waals surface area contributed by atoms with Crippen molar-refractivity contribution in [3.8, 4) is 0 Å². The van der Waals surface area contributed by atoms with Crippen molar-refractivity contribution in [1.29, 1.82) is 0 Å². The number of ether oxygens (including phenoxy) is 1. The topological polar surface area (TPSA) is 9.23 Å². The Hall–Kier alpha value is -0.600. The fraction of sp³-hybridized carbons (Fsp3) is 0.600. The molecule has 100 valence electrons. The van der Waals surface area contributed by atoms with Gasteiger partial charge in [-0.05, 0) is 43.7 Å². The molecule has 0 spiro atoms. The zero-order valence-corrected chi connectivity index (χ0v) is 11.5. The van der Waals surface area contributed by atoms with Crippen molar-refractivity contribution in [2.45, 2.75) is 51.7 Å². The van der Waals surface area contributed by atoms with E-state index >= 15 is 0 Å². The monoisotopic (exact) mass is 270 g/mol. The summed E-state index contributed by atoms with van der Waals surface area (Å²) in [6.45, 7) is 2.53. The third-order valence-electron chi connectivity index (χ3n) is 3.90. The Balaban J connectivity index is 1.85. The van der Waals surface area contributed by atoms with Crippen LogP contribution < -0.4 is 0 Å². The molecule has 1 nitrogen and oxygen atoms in total. The maximum atomic E-state index is 13.6. The Morgan fingerprint density at radius 3 is 2.61 bits per heavy atom. The average Bonchev–Trinajstić information content (AvgIpc) is 2.39. The second-order valence-corrected chi connectivity index (χ2v) is 5.47. The first-order valence-corrected chi connectivity index (χ1v) is 7.13. The van der Waals surface area contributed by atoms with Gasteiger partial charge in [0.2, 0.25) is 0 Å². The molecule has 0 radical (unpaired) electrons. The maximum Gasteiger partial charge on any atom is 0.130 e. The number of halogens is 2. The number of benzene rings is 1. The van der Waals surface area contributed by atoms with Crippen LogP contribution in [0.3, 0.4) is 0 Å². The van der Waals surface area contributed by atoms with Crippen LogP contribution >= 0.6 is 11.6 Å². The van der Waals surface area contributed by atoms with E-state index in [9.17, 15) is 4.39 Å². The third kappa shape index (κ3) is 3.46. The molecule has 0 atom stereocenters. The summed E-state index contributed by atoms with van der Waals surface area (Å²) in [6.07, 6.45) is 6.16. The molecule has 0 heterocycles. The van der Waals surface area contributed by atoms with Crippen molar-refractivity contribution in [1.82, 2.24) is 0 Å². The highest BCUT2D eigenvalue weighted by Gasteiger charge is 2.21. The second-order valence-electron chi connectivity index (χ2n) is 5.06. The Bertz CT molecular complexity index is 366. The van der Waals surface area contributed by atoms with Gasteiger partial charge < -0.3 is 4.74 Å². The molecule has 0 unspecified atom stereocenters. The minimum atomic E-state index is -0.273. The van der Waals surface area contributed by atoms with Crippen LogP contribution in [-0.2, 0) is 11.3 Å². The average molecular weight is 271 g/mol. The molecule has 0 amide bonds. The predicted molar refractivity (Wildman–Crippen MR) is 72.2 cm³/mol.